The predicted molar refractivity (Wildman–Crippen MR) is 59.1 cm³/mol. The van der Waals surface area contributed by atoms with Crippen molar-refractivity contribution in [2.24, 2.45) is 0 Å². The SMILES string of the molecule is CC(c1ccc(F)cc1)n1cc([N+](=O)[O-])cn1. The van der Waals surface area contributed by atoms with E-state index in [0.717, 1.165) is 5.56 Å². The van der Waals surface area contributed by atoms with E-state index in [4.69, 9.17) is 0 Å². The number of halogens is 1. The first-order valence-corrected chi connectivity index (χ1v) is 5.02. The highest BCUT2D eigenvalue weighted by Gasteiger charge is 2.14. The van der Waals surface area contributed by atoms with Crippen LogP contribution in [0, 0.1) is 15.9 Å². The molecule has 0 N–H and O–H groups in total. The molecule has 2 aromatic rings. The van der Waals surface area contributed by atoms with Crippen LogP contribution in [-0.4, -0.2) is 14.7 Å². The van der Waals surface area contributed by atoms with Gasteiger partial charge >= 0.3 is 5.69 Å². The molecule has 0 amide bonds. The van der Waals surface area contributed by atoms with Crippen LogP contribution < -0.4 is 0 Å². The predicted octanol–water partition coefficient (Wildman–Crippen LogP) is 2.54. The second kappa shape index (κ2) is 4.32. The van der Waals surface area contributed by atoms with Crippen molar-refractivity contribution in [2.75, 3.05) is 0 Å². The van der Waals surface area contributed by atoms with Crippen LogP contribution in [0.4, 0.5) is 10.1 Å². The van der Waals surface area contributed by atoms with Crippen LogP contribution in [0.2, 0.25) is 0 Å². The number of aromatic nitrogens is 2. The molecule has 0 radical (unpaired) electrons. The maximum atomic E-state index is 12.8. The zero-order chi connectivity index (χ0) is 12.4. The lowest BCUT2D eigenvalue weighted by Gasteiger charge is -2.11. The van der Waals surface area contributed by atoms with Crippen LogP contribution in [0.15, 0.2) is 36.7 Å². The smallest absolute Gasteiger partial charge is 0.258 e. The second-order valence-corrected chi connectivity index (χ2v) is 3.66. The Labute approximate surface area is 96.6 Å². The normalized spacial score (nSPS) is 12.4. The zero-order valence-electron chi connectivity index (χ0n) is 9.08. The summed E-state index contributed by atoms with van der Waals surface area (Å²) in [5, 5.41) is 14.4. The monoisotopic (exact) mass is 235 g/mol. The Morgan fingerprint density at radius 2 is 2.06 bits per heavy atom. The topological polar surface area (TPSA) is 61.0 Å². The Hall–Kier alpha value is -2.24. The summed E-state index contributed by atoms with van der Waals surface area (Å²) in [5.74, 6) is -0.313. The largest absolute Gasteiger partial charge is 0.307 e. The Morgan fingerprint density at radius 1 is 1.41 bits per heavy atom. The van der Waals surface area contributed by atoms with E-state index in [0.29, 0.717) is 0 Å². The van der Waals surface area contributed by atoms with E-state index in [-0.39, 0.29) is 17.5 Å². The van der Waals surface area contributed by atoms with Gasteiger partial charge in [-0.2, -0.15) is 5.10 Å². The lowest BCUT2D eigenvalue weighted by Crippen LogP contribution is -2.07. The molecule has 1 aromatic heterocycles. The van der Waals surface area contributed by atoms with E-state index < -0.39 is 4.92 Å². The molecule has 0 fully saturated rings. The van der Waals surface area contributed by atoms with Gasteiger partial charge < -0.3 is 0 Å². The summed E-state index contributed by atoms with van der Waals surface area (Å²) in [6, 6.07) is 5.79. The van der Waals surface area contributed by atoms with Crippen molar-refractivity contribution >= 4 is 5.69 Å². The van der Waals surface area contributed by atoms with Gasteiger partial charge in [-0.05, 0) is 24.6 Å². The molecule has 5 nitrogen and oxygen atoms in total. The fourth-order valence-electron chi connectivity index (χ4n) is 1.53. The summed E-state index contributed by atoms with van der Waals surface area (Å²) in [6.45, 7) is 1.84. The minimum Gasteiger partial charge on any atom is -0.258 e. The van der Waals surface area contributed by atoms with E-state index in [1.807, 2.05) is 6.92 Å². The standard InChI is InChI=1S/C11H10FN3O2/c1-8(9-2-4-10(12)5-3-9)14-7-11(6-13-14)15(16)17/h2-8H,1H3. The summed E-state index contributed by atoms with van der Waals surface area (Å²) >= 11 is 0. The molecule has 0 aliphatic carbocycles. The van der Waals surface area contributed by atoms with Crippen molar-refractivity contribution < 1.29 is 9.31 Å². The van der Waals surface area contributed by atoms with E-state index in [2.05, 4.69) is 5.10 Å². The number of hydrogen-bond donors (Lipinski definition) is 0. The molecular weight excluding hydrogens is 225 g/mol. The summed E-state index contributed by atoms with van der Waals surface area (Å²) in [5.41, 5.74) is 0.781. The van der Waals surface area contributed by atoms with Crippen molar-refractivity contribution in [2.45, 2.75) is 13.0 Å². The number of nitro groups is 1. The van der Waals surface area contributed by atoms with Gasteiger partial charge in [0.05, 0.1) is 11.0 Å². The third-order valence-electron chi connectivity index (χ3n) is 2.55. The quantitative estimate of drug-likeness (QED) is 0.606. The maximum absolute atomic E-state index is 12.8. The molecule has 2 rings (SSSR count). The number of nitrogens with zero attached hydrogens (tertiary/aromatic N) is 3. The second-order valence-electron chi connectivity index (χ2n) is 3.66. The summed E-state index contributed by atoms with van der Waals surface area (Å²) < 4.78 is 14.2. The molecule has 17 heavy (non-hydrogen) atoms. The van der Waals surface area contributed by atoms with Crippen molar-refractivity contribution in [3.63, 3.8) is 0 Å². The number of hydrogen-bond acceptors (Lipinski definition) is 3. The third-order valence-corrected chi connectivity index (χ3v) is 2.55. The maximum Gasteiger partial charge on any atom is 0.307 e. The third kappa shape index (κ3) is 2.30. The van der Waals surface area contributed by atoms with E-state index in [1.165, 1.54) is 29.2 Å². The van der Waals surface area contributed by atoms with Gasteiger partial charge in [0.2, 0.25) is 0 Å². The van der Waals surface area contributed by atoms with Crippen LogP contribution in [0.1, 0.15) is 18.5 Å². The first-order chi connectivity index (χ1) is 8.08. The van der Waals surface area contributed by atoms with E-state index in [1.54, 1.807) is 12.1 Å². The van der Waals surface area contributed by atoms with Crippen LogP contribution in [0.3, 0.4) is 0 Å². The van der Waals surface area contributed by atoms with Gasteiger partial charge in [0, 0.05) is 0 Å². The molecule has 0 aliphatic rings. The van der Waals surface area contributed by atoms with Crippen molar-refractivity contribution in [1.82, 2.24) is 9.78 Å². The minimum atomic E-state index is -0.499. The van der Waals surface area contributed by atoms with Gasteiger partial charge in [-0.15, -0.1) is 0 Å². The first kappa shape index (κ1) is 11.3. The molecule has 0 aliphatic heterocycles. The van der Waals surface area contributed by atoms with Crippen LogP contribution in [0.25, 0.3) is 0 Å². The zero-order valence-corrected chi connectivity index (χ0v) is 9.08. The molecule has 1 atom stereocenters. The van der Waals surface area contributed by atoms with Crippen molar-refractivity contribution in [3.8, 4) is 0 Å². The van der Waals surface area contributed by atoms with Crippen molar-refractivity contribution in [3.05, 3.63) is 58.2 Å². The highest BCUT2D eigenvalue weighted by molar-refractivity contribution is 5.24. The lowest BCUT2D eigenvalue weighted by molar-refractivity contribution is -0.385. The van der Waals surface area contributed by atoms with Crippen LogP contribution in [-0.2, 0) is 0 Å². The van der Waals surface area contributed by atoms with E-state index >= 15 is 0 Å². The fourth-order valence-corrected chi connectivity index (χ4v) is 1.53. The highest BCUT2D eigenvalue weighted by Crippen LogP contribution is 2.19. The molecule has 88 valence electrons. The Bertz CT molecular complexity index is 536. The van der Waals surface area contributed by atoms with Gasteiger partial charge in [0.1, 0.15) is 18.2 Å². The molecule has 1 aromatic carbocycles. The Morgan fingerprint density at radius 3 is 2.59 bits per heavy atom. The van der Waals surface area contributed by atoms with Gasteiger partial charge in [-0.3, -0.25) is 14.8 Å². The molecule has 0 spiro atoms. The molecule has 6 heteroatoms. The number of rotatable bonds is 3. The number of benzene rings is 1. The molecular formula is C11H10FN3O2. The molecule has 1 heterocycles. The molecule has 0 bridgehead atoms. The average Bonchev–Trinajstić information content (AvgIpc) is 2.78. The van der Waals surface area contributed by atoms with Crippen LogP contribution >= 0.6 is 0 Å². The lowest BCUT2D eigenvalue weighted by atomic mass is 10.1. The highest BCUT2D eigenvalue weighted by atomic mass is 19.1. The average molecular weight is 235 g/mol. The summed E-state index contributed by atoms with van der Waals surface area (Å²) in [7, 11) is 0. The molecule has 0 saturated carbocycles. The summed E-state index contributed by atoms with van der Waals surface area (Å²) in [4.78, 5) is 10.0. The first-order valence-electron chi connectivity index (χ1n) is 5.02. The fraction of sp³-hybridized carbons (Fsp3) is 0.182. The van der Waals surface area contributed by atoms with Gasteiger partial charge in [-0.25, -0.2) is 4.39 Å². The van der Waals surface area contributed by atoms with Crippen molar-refractivity contribution in [1.29, 1.82) is 0 Å². The van der Waals surface area contributed by atoms with Gasteiger partial charge in [0.15, 0.2) is 0 Å². The molecule has 0 saturated heterocycles. The summed E-state index contributed by atoms with van der Waals surface area (Å²) in [6.07, 6.45) is 2.55. The van der Waals surface area contributed by atoms with Gasteiger partial charge in [0.25, 0.3) is 0 Å². The Balaban J connectivity index is 2.27. The van der Waals surface area contributed by atoms with E-state index in [9.17, 15) is 14.5 Å². The molecule has 1 unspecified atom stereocenters. The Kier molecular flexibility index (Phi) is 2.86. The minimum absolute atomic E-state index is 0.0565. The van der Waals surface area contributed by atoms with Gasteiger partial charge in [-0.1, -0.05) is 12.1 Å². The van der Waals surface area contributed by atoms with Crippen LogP contribution in [0.5, 0.6) is 0 Å².